The van der Waals surface area contributed by atoms with Crippen molar-refractivity contribution in [3.8, 4) is 0 Å². The van der Waals surface area contributed by atoms with Crippen molar-refractivity contribution in [1.82, 2.24) is 4.90 Å². The van der Waals surface area contributed by atoms with Gasteiger partial charge >= 0.3 is 0 Å². The molecule has 0 fully saturated rings. The highest BCUT2D eigenvalue weighted by atomic mass is 79.9. The quantitative estimate of drug-likeness (QED) is 0.820. The molecule has 0 aliphatic heterocycles. The molecule has 3 heteroatoms. The average molecular weight is 270 g/mol. The number of Topliss-reactive ketones (excluding diaryl/α,β-unsaturated/α-hetero) is 1. The third-order valence-electron chi connectivity index (χ3n) is 2.24. The van der Waals surface area contributed by atoms with Gasteiger partial charge in [-0.2, -0.15) is 0 Å². The van der Waals surface area contributed by atoms with Crippen LogP contribution in [-0.2, 0) is 11.3 Å². The summed E-state index contributed by atoms with van der Waals surface area (Å²) in [5, 5.41) is 0. The molecule has 0 spiro atoms. The first-order chi connectivity index (χ1) is 7.13. The normalized spacial score (nSPS) is 10.7. The van der Waals surface area contributed by atoms with E-state index in [4.69, 9.17) is 0 Å². The molecule has 0 unspecified atom stereocenters. The van der Waals surface area contributed by atoms with Gasteiger partial charge < -0.3 is 0 Å². The predicted molar refractivity (Wildman–Crippen MR) is 65.8 cm³/mol. The first kappa shape index (κ1) is 12.4. The molecule has 15 heavy (non-hydrogen) atoms. The van der Waals surface area contributed by atoms with E-state index in [2.05, 4.69) is 22.0 Å². The van der Waals surface area contributed by atoms with Gasteiger partial charge in [0.15, 0.2) is 0 Å². The van der Waals surface area contributed by atoms with Crippen molar-refractivity contribution in [3.05, 3.63) is 34.3 Å². The molecular formula is C12H16BrNO. The summed E-state index contributed by atoms with van der Waals surface area (Å²) >= 11 is 3.50. The second kappa shape index (κ2) is 6.03. The highest BCUT2D eigenvalue weighted by molar-refractivity contribution is 9.10. The van der Waals surface area contributed by atoms with E-state index in [0.717, 1.165) is 11.0 Å². The monoisotopic (exact) mass is 269 g/mol. The van der Waals surface area contributed by atoms with E-state index in [0.29, 0.717) is 13.0 Å². The van der Waals surface area contributed by atoms with Crippen LogP contribution in [0, 0.1) is 0 Å². The van der Waals surface area contributed by atoms with Crippen molar-refractivity contribution in [1.29, 1.82) is 0 Å². The number of ketones is 1. The maximum Gasteiger partial charge on any atom is 0.146 e. The van der Waals surface area contributed by atoms with Crippen LogP contribution in [0.3, 0.4) is 0 Å². The van der Waals surface area contributed by atoms with Gasteiger partial charge in [-0.25, -0.2) is 0 Å². The minimum absolute atomic E-state index is 0.282. The van der Waals surface area contributed by atoms with E-state index in [9.17, 15) is 4.79 Å². The number of benzene rings is 1. The third kappa shape index (κ3) is 4.14. The van der Waals surface area contributed by atoms with Gasteiger partial charge in [-0.15, -0.1) is 0 Å². The SMILES string of the molecule is CCC(=O)CN(C)Cc1ccccc1Br. The molecule has 0 bridgehead atoms. The molecule has 2 nitrogen and oxygen atoms in total. The fourth-order valence-corrected chi connectivity index (χ4v) is 1.80. The summed E-state index contributed by atoms with van der Waals surface area (Å²) in [5.74, 6) is 0.282. The van der Waals surface area contributed by atoms with Gasteiger partial charge in [-0.1, -0.05) is 41.1 Å². The Morgan fingerprint density at radius 2 is 2.07 bits per heavy atom. The maximum absolute atomic E-state index is 11.2. The van der Waals surface area contributed by atoms with E-state index < -0.39 is 0 Å². The van der Waals surface area contributed by atoms with Crippen LogP contribution in [0.25, 0.3) is 0 Å². The highest BCUT2D eigenvalue weighted by Gasteiger charge is 2.06. The Morgan fingerprint density at radius 1 is 1.40 bits per heavy atom. The summed E-state index contributed by atoms with van der Waals surface area (Å²) in [6.07, 6.45) is 0.611. The Balaban J connectivity index is 2.55. The van der Waals surface area contributed by atoms with Crippen LogP contribution < -0.4 is 0 Å². The lowest BCUT2D eigenvalue weighted by molar-refractivity contribution is -0.119. The van der Waals surface area contributed by atoms with Crippen LogP contribution >= 0.6 is 15.9 Å². The molecule has 1 rings (SSSR count). The summed E-state index contributed by atoms with van der Waals surface area (Å²) in [6.45, 7) is 3.22. The molecule has 1 aromatic rings. The molecule has 0 saturated heterocycles. The van der Waals surface area contributed by atoms with Crippen LogP contribution in [0.15, 0.2) is 28.7 Å². The summed E-state index contributed by atoms with van der Waals surface area (Å²) in [5.41, 5.74) is 1.21. The van der Waals surface area contributed by atoms with Gasteiger partial charge in [0.25, 0.3) is 0 Å². The van der Waals surface area contributed by atoms with Crippen LogP contribution in [0.1, 0.15) is 18.9 Å². The van der Waals surface area contributed by atoms with E-state index in [1.807, 2.05) is 37.1 Å². The van der Waals surface area contributed by atoms with Crippen molar-refractivity contribution in [3.63, 3.8) is 0 Å². The maximum atomic E-state index is 11.2. The molecule has 0 aliphatic rings. The summed E-state index contributed by atoms with van der Waals surface area (Å²) in [4.78, 5) is 13.3. The molecule has 0 atom stereocenters. The fourth-order valence-electron chi connectivity index (χ4n) is 1.39. The van der Waals surface area contributed by atoms with E-state index >= 15 is 0 Å². The largest absolute Gasteiger partial charge is 0.298 e. The Morgan fingerprint density at radius 3 is 2.67 bits per heavy atom. The van der Waals surface area contributed by atoms with Crippen molar-refractivity contribution in [2.45, 2.75) is 19.9 Å². The molecule has 0 saturated carbocycles. The standard InChI is InChI=1S/C12H16BrNO/c1-3-11(15)9-14(2)8-10-6-4-5-7-12(10)13/h4-7H,3,8-9H2,1-2H3. The van der Waals surface area contributed by atoms with Crippen LogP contribution in [-0.4, -0.2) is 24.3 Å². The first-order valence-electron chi connectivity index (χ1n) is 5.07. The molecule has 0 heterocycles. The summed E-state index contributed by atoms with van der Waals surface area (Å²) in [6, 6.07) is 8.09. The van der Waals surface area contributed by atoms with E-state index in [1.54, 1.807) is 0 Å². The van der Waals surface area contributed by atoms with Gasteiger partial charge in [0, 0.05) is 17.4 Å². The lowest BCUT2D eigenvalue weighted by Gasteiger charge is -2.16. The lowest BCUT2D eigenvalue weighted by atomic mass is 10.2. The first-order valence-corrected chi connectivity index (χ1v) is 5.86. The third-order valence-corrected chi connectivity index (χ3v) is 3.01. The Labute approximate surface area is 99.4 Å². The van der Waals surface area contributed by atoms with E-state index in [1.165, 1.54) is 5.56 Å². The highest BCUT2D eigenvalue weighted by Crippen LogP contribution is 2.17. The van der Waals surface area contributed by atoms with E-state index in [-0.39, 0.29) is 5.78 Å². The zero-order valence-corrected chi connectivity index (χ0v) is 10.8. The number of hydrogen-bond acceptors (Lipinski definition) is 2. The zero-order valence-electron chi connectivity index (χ0n) is 9.16. The second-order valence-corrected chi connectivity index (χ2v) is 4.51. The van der Waals surface area contributed by atoms with Gasteiger partial charge in [0.1, 0.15) is 5.78 Å². The number of nitrogens with zero attached hydrogens (tertiary/aromatic N) is 1. The minimum Gasteiger partial charge on any atom is -0.298 e. The number of hydrogen-bond donors (Lipinski definition) is 0. The topological polar surface area (TPSA) is 20.3 Å². The summed E-state index contributed by atoms with van der Waals surface area (Å²) in [7, 11) is 1.97. The smallest absolute Gasteiger partial charge is 0.146 e. The van der Waals surface area contributed by atoms with Crippen LogP contribution in [0.4, 0.5) is 0 Å². The Hall–Kier alpha value is -0.670. The molecule has 0 aliphatic carbocycles. The van der Waals surface area contributed by atoms with Crippen molar-refractivity contribution in [2.24, 2.45) is 0 Å². The molecule has 1 aromatic carbocycles. The molecular weight excluding hydrogens is 254 g/mol. The Kier molecular flexibility index (Phi) is 4.99. The number of carbonyl (C=O) groups is 1. The number of rotatable bonds is 5. The van der Waals surface area contributed by atoms with Gasteiger partial charge in [-0.3, -0.25) is 9.69 Å². The second-order valence-electron chi connectivity index (χ2n) is 3.66. The number of likely N-dealkylation sites (N-methyl/N-ethyl adjacent to an activating group) is 1. The van der Waals surface area contributed by atoms with Gasteiger partial charge in [0.05, 0.1) is 6.54 Å². The molecule has 0 aromatic heterocycles. The van der Waals surface area contributed by atoms with Crippen molar-refractivity contribution >= 4 is 21.7 Å². The average Bonchev–Trinajstić information content (AvgIpc) is 2.21. The summed E-state index contributed by atoms with van der Waals surface area (Å²) < 4.78 is 1.10. The van der Waals surface area contributed by atoms with Gasteiger partial charge in [-0.05, 0) is 18.7 Å². The lowest BCUT2D eigenvalue weighted by Crippen LogP contribution is -2.25. The van der Waals surface area contributed by atoms with Crippen molar-refractivity contribution < 1.29 is 4.79 Å². The number of halogens is 1. The zero-order chi connectivity index (χ0) is 11.3. The number of carbonyl (C=O) groups excluding carboxylic acids is 1. The predicted octanol–water partition coefficient (Wildman–Crippen LogP) is 2.86. The Bertz CT molecular complexity index is 338. The van der Waals surface area contributed by atoms with Crippen molar-refractivity contribution in [2.75, 3.05) is 13.6 Å². The van der Waals surface area contributed by atoms with Crippen LogP contribution in [0.2, 0.25) is 0 Å². The fraction of sp³-hybridized carbons (Fsp3) is 0.417. The van der Waals surface area contributed by atoms with Gasteiger partial charge in [0.2, 0.25) is 0 Å². The van der Waals surface area contributed by atoms with Crippen LogP contribution in [0.5, 0.6) is 0 Å². The molecule has 82 valence electrons. The minimum atomic E-state index is 0.282. The molecule has 0 amide bonds. The molecule has 0 N–H and O–H groups in total. The molecule has 0 radical (unpaired) electrons.